The Morgan fingerprint density at radius 3 is 2.88 bits per heavy atom. The van der Waals surface area contributed by atoms with Gasteiger partial charge in [-0.1, -0.05) is 6.07 Å². The zero-order valence-corrected chi connectivity index (χ0v) is 9.53. The van der Waals surface area contributed by atoms with Crippen molar-refractivity contribution in [1.82, 2.24) is 4.90 Å². The summed E-state index contributed by atoms with van der Waals surface area (Å²) in [6, 6.07) is 4.14. The van der Waals surface area contributed by atoms with Crippen molar-refractivity contribution < 1.29 is 13.5 Å². The highest BCUT2D eigenvalue weighted by molar-refractivity contribution is 5.17. The van der Waals surface area contributed by atoms with Crippen LogP contribution in [0.15, 0.2) is 18.2 Å². The molecule has 1 aromatic carbocycles. The van der Waals surface area contributed by atoms with E-state index in [2.05, 4.69) is 4.90 Å². The van der Waals surface area contributed by atoms with Crippen LogP contribution >= 0.6 is 0 Å². The maximum atomic E-state index is 13.1. The highest BCUT2D eigenvalue weighted by Gasteiger charge is 2.21. The van der Waals surface area contributed by atoms with Gasteiger partial charge in [-0.3, -0.25) is 4.90 Å². The molecule has 1 saturated heterocycles. The van der Waals surface area contributed by atoms with Gasteiger partial charge in [0.05, 0.1) is 13.2 Å². The Morgan fingerprint density at radius 1 is 1.35 bits per heavy atom. The Kier molecular flexibility index (Phi) is 4.04. The largest absolute Gasteiger partial charge is 0.378 e. The standard InChI is InChI=1S/C12H16F2N2O/c13-11-2-1-9(5-12(11)14)7-16-3-4-17-8-10(16)6-15/h1-2,5,10H,3-4,6-8,15H2. The van der Waals surface area contributed by atoms with Crippen molar-refractivity contribution in [2.75, 3.05) is 26.3 Å². The minimum absolute atomic E-state index is 0.150. The maximum absolute atomic E-state index is 13.1. The lowest BCUT2D eigenvalue weighted by molar-refractivity contribution is -0.00797. The number of halogens is 2. The molecule has 1 aliphatic rings. The first-order valence-electron chi connectivity index (χ1n) is 5.66. The second kappa shape index (κ2) is 5.53. The van der Waals surface area contributed by atoms with E-state index in [1.165, 1.54) is 6.07 Å². The third-order valence-electron chi connectivity index (χ3n) is 2.99. The molecule has 1 unspecified atom stereocenters. The molecule has 5 heteroatoms. The summed E-state index contributed by atoms with van der Waals surface area (Å²) in [6.07, 6.45) is 0. The van der Waals surface area contributed by atoms with Crippen molar-refractivity contribution in [1.29, 1.82) is 0 Å². The van der Waals surface area contributed by atoms with Crippen molar-refractivity contribution in [3.63, 3.8) is 0 Å². The number of ether oxygens (including phenoxy) is 1. The van der Waals surface area contributed by atoms with Gasteiger partial charge in [0, 0.05) is 25.7 Å². The molecule has 94 valence electrons. The van der Waals surface area contributed by atoms with Crippen molar-refractivity contribution in [3.05, 3.63) is 35.4 Å². The molecule has 0 bridgehead atoms. The van der Waals surface area contributed by atoms with Gasteiger partial charge >= 0.3 is 0 Å². The Balaban J connectivity index is 2.05. The lowest BCUT2D eigenvalue weighted by Crippen LogP contribution is -2.48. The molecule has 0 amide bonds. The van der Waals surface area contributed by atoms with E-state index >= 15 is 0 Å². The summed E-state index contributed by atoms with van der Waals surface area (Å²) in [4.78, 5) is 2.14. The number of rotatable bonds is 3. The normalized spacial score (nSPS) is 21.7. The van der Waals surface area contributed by atoms with Gasteiger partial charge < -0.3 is 10.5 Å². The highest BCUT2D eigenvalue weighted by atomic mass is 19.2. The second-order valence-electron chi connectivity index (χ2n) is 4.18. The molecule has 1 fully saturated rings. The summed E-state index contributed by atoms with van der Waals surface area (Å²) < 4.78 is 31.2. The number of nitrogens with zero attached hydrogens (tertiary/aromatic N) is 1. The van der Waals surface area contributed by atoms with Crippen LogP contribution in [0.5, 0.6) is 0 Å². The molecule has 0 spiro atoms. The second-order valence-corrected chi connectivity index (χ2v) is 4.18. The van der Waals surface area contributed by atoms with Crippen molar-refractivity contribution in [2.45, 2.75) is 12.6 Å². The summed E-state index contributed by atoms with van der Waals surface area (Å²) in [5.74, 6) is -1.62. The van der Waals surface area contributed by atoms with E-state index in [0.29, 0.717) is 26.3 Å². The van der Waals surface area contributed by atoms with E-state index in [1.54, 1.807) is 6.07 Å². The van der Waals surface area contributed by atoms with Crippen LogP contribution in [0.2, 0.25) is 0 Å². The molecule has 0 aliphatic carbocycles. The van der Waals surface area contributed by atoms with Gasteiger partial charge in [-0.05, 0) is 17.7 Å². The summed E-state index contributed by atoms with van der Waals surface area (Å²) in [6.45, 7) is 3.09. The Hall–Kier alpha value is -1.04. The van der Waals surface area contributed by atoms with Crippen LogP contribution < -0.4 is 5.73 Å². The fourth-order valence-electron chi connectivity index (χ4n) is 1.99. The maximum Gasteiger partial charge on any atom is 0.159 e. The summed E-state index contributed by atoms with van der Waals surface area (Å²) >= 11 is 0. The van der Waals surface area contributed by atoms with Crippen molar-refractivity contribution in [3.8, 4) is 0 Å². The molecule has 0 aromatic heterocycles. The van der Waals surface area contributed by atoms with Gasteiger partial charge in [0.15, 0.2) is 11.6 Å². The van der Waals surface area contributed by atoms with Gasteiger partial charge in [0.2, 0.25) is 0 Å². The highest BCUT2D eigenvalue weighted by Crippen LogP contribution is 2.14. The predicted molar refractivity (Wildman–Crippen MR) is 60.4 cm³/mol. The molecule has 3 nitrogen and oxygen atoms in total. The molecule has 1 aliphatic heterocycles. The molecule has 1 atom stereocenters. The number of morpholine rings is 1. The van der Waals surface area contributed by atoms with Crippen LogP contribution in [0.3, 0.4) is 0 Å². The van der Waals surface area contributed by atoms with Gasteiger partial charge in [-0.25, -0.2) is 8.78 Å². The number of hydrogen-bond acceptors (Lipinski definition) is 3. The third-order valence-corrected chi connectivity index (χ3v) is 2.99. The summed E-state index contributed by atoms with van der Waals surface area (Å²) in [5.41, 5.74) is 6.40. The van der Waals surface area contributed by atoms with Gasteiger partial charge in [-0.2, -0.15) is 0 Å². The first kappa shape index (κ1) is 12.4. The first-order chi connectivity index (χ1) is 8.20. The molecule has 1 aromatic rings. The lowest BCUT2D eigenvalue weighted by Gasteiger charge is -2.34. The molecule has 2 rings (SSSR count). The minimum atomic E-state index is -0.814. The topological polar surface area (TPSA) is 38.5 Å². The minimum Gasteiger partial charge on any atom is -0.378 e. The van der Waals surface area contributed by atoms with Gasteiger partial charge in [0.1, 0.15) is 0 Å². The fourth-order valence-corrected chi connectivity index (χ4v) is 1.99. The summed E-state index contributed by atoms with van der Waals surface area (Å²) in [5, 5.41) is 0. The van der Waals surface area contributed by atoms with Crippen LogP contribution in [0.4, 0.5) is 8.78 Å². The van der Waals surface area contributed by atoms with Crippen LogP contribution in [-0.2, 0) is 11.3 Å². The molecule has 0 radical (unpaired) electrons. The van der Waals surface area contributed by atoms with Crippen molar-refractivity contribution in [2.24, 2.45) is 5.73 Å². The number of hydrogen-bond donors (Lipinski definition) is 1. The van der Waals surface area contributed by atoms with E-state index in [9.17, 15) is 8.78 Å². The Bertz CT molecular complexity index is 387. The molecule has 2 N–H and O–H groups in total. The fraction of sp³-hybridized carbons (Fsp3) is 0.500. The molecule has 17 heavy (non-hydrogen) atoms. The molecular weight excluding hydrogens is 226 g/mol. The molecule has 0 saturated carbocycles. The monoisotopic (exact) mass is 242 g/mol. The zero-order chi connectivity index (χ0) is 12.3. The van der Waals surface area contributed by atoms with Crippen LogP contribution in [-0.4, -0.2) is 37.2 Å². The third kappa shape index (κ3) is 3.00. The van der Waals surface area contributed by atoms with E-state index in [4.69, 9.17) is 10.5 Å². The van der Waals surface area contributed by atoms with Crippen LogP contribution in [0.25, 0.3) is 0 Å². The Labute approximate surface area is 99.2 Å². The van der Waals surface area contributed by atoms with E-state index < -0.39 is 11.6 Å². The van der Waals surface area contributed by atoms with Crippen molar-refractivity contribution >= 4 is 0 Å². The summed E-state index contributed by atoms with van der Waals surface area (Å²) in [7, 11) is 0. The average molecular weight is 242 g/mol. The quantitative estimate of drug-likeness (QED) is 0.863. The van der Waals surface area contributed by atoms with Crippen LogP contribution in [0, 0.1) is 11.6 Å². The lowest BCUT2D eigenvalue weighted by atomic mass is 10.1. The first-order valence-corrected chi connectivity index (χ1v) is 5.66. The molecule has 1 heterocycles. The number of benzene rings is 1. The number of nitrogens with two attached hydrogens (primary N) is 1. The van der Waals surface area contributed by atoms with Crippen LogP contribution in [0.1, 0.15) is 5.56 Å². The SMILES string of the molecule is NCC1COCCN1Cc1ccc(F)c(F)c1. The smallest absolute Gasteiger partial charge is 0.159 e. The van der Waals surface area contributed by atoms with E-state index in [1.807, 2.05) is 0 Å². The molecular formula is C12H16F2N2O. The predicted octanol–water partition coefficient (Wildman–Crippen LogP) is 1.12. The zero-order valence-electron chi connectivity index (χ0n) is 9.53. The van der Waals surface area contributed by atoms with E-state index in [0.717, 1.165) is 18.2 Å². The Morgan fingerprint density at radius 2 is 2.18 bits per heavy atom. The van der Waals surface area contributed by atoms with Gasteiger partial charge in [0.25, 0.3) is 0 Å². The van der Waals surface area contributed by atoms with E-state index in [-0.39, 0.29) is 6.04 Å². The average Bonchev–Trinajstić information content (AvgIpc) is 2.34. The van der Waals surface area contributed by atoms with Gasteiger partial charge in [-0.15, -0.1) is 0 Å².